The van der Waals surface area contributed by atoms with Gasteiger partial charge in [0.1, 0.15) is 11.1 Å². The van der Waals surface area contributed by atoms with Gasteiger partial charge >= 0.3 is 0 Å². The van der Waals surface area contributed by atoms with Gasteiger partial charge in [-0.05, 0) is 37.3 Å². The molecule has 0 radical (unpaired) electrons. The molecule has 3 rings (SSSR count). The van der Waals surface area contributed by atoms with Crippen LogP contribution in [-0.2, 0) is 12.8 Å². The fourth-order valence-electron chi connectivity index (χ4n) is 2.24. The molecule has 0 amide bonds. The molecular formula is C14H12N2OS. The Kier molecular flexibility index (Phi) is 2.99. The van der Waals surface area contributed by atoms with Crippen LogP contribution in [0.4, 0.5) is 5.00 Å². The molecule has 2 heterocycles. The van der Waals surface area contributed by atoms with Crippen LogP contribution in [0.5, 0.6) is 0 Å². The number of rotatable bonds is 2. The van der Waals surface area contributed by atoms with Gasteiger partial charge in [-0.1, -0.05) is 0 Å². The molecule has 0 N–H and O–H groups in total. The third-order valence-corrected chi connectivity index (χ3v) is 4.34. The molecule has 90 valence electrons. The molecule has 18 heavy (non-hydrogen) atoms. The average molecular weight is 256 g/mol. The quantitative estimate of drug-likeness (QED) is 0.766. The molecule has 0 aliphatic heterocycles. The van der Waals surface area contributed by atoms with Crippen molar-refractivity contribution in [2.75, 3.05) is 0 Å². The summed E-state index contributed by atoms with van der Waals surface area (Å²) in [5, 5.41) is 10.1. The minimum atomic E-state index is 0.773. The van der Waals surface area contributed by atoms with Crippen molar-refractivity contribution < 1.29 is 4.42 Å². The van der Waals surface area contributed by atoms with Crippen LogP contribution in [0.25, 0.3) is 0 Å². The molecule has 1 aliphatic rings. The van der Waals surface area contributed by atoms with Gasteiger partial charge in [-0.3, -0.25) is 0 Å². The lowest BCUT2D eigenvalue weighted by Gasteiger charge is -2.09. The Labute approximate surface area is 109 Å². The van der Waals surface area contributed by atoms with Crippen molar-refractivity contribution in [3.05, 3.63) is 40.2 Å². The smallest absolute Gasteiger partial charge is 0.134 e. The second-order valence-electron chi connectivity index (χ2n) is 4.32. The van der Waals surface area contributed by atoms with E-state index >= 15 is 0 Å². The van der Waals surface area contributed by atoms with E-state index in [1.807, 2.05) is 6.07 Å². The first-order chi connectivity index (χ1) is 8.88. The number of nitriles is 1. The third kappa shape index (κ3) is 1.98. The Morgan fingerprint density at radius 3 is 3.06 bits per heavy atom. The number of nitrogens with zero attached hydrogens (tertiary/aromatic N) is 2. The number of aliphatic imine (C=N–C) groups is 1. The van der Waals surface area contributed by atoms with Crippen LogP contribution >= 0.6 is 11.3 Å². The van der Waals surface area contributed by atoms with Crippen LogP contribution in [0.3, 0.4) is 0 Å². The molecule has 0 saturated heterocycles. The molecule has 0 spiro atoms. The fourth-order valence-corrected chi connectivity index (χ4v) is 3.42. The van der Waals surface area contributed by atoms with Crippen molar-refractivity contribution in [1.29, 1.82) is 5.26 Å². The van der Waals surface area contributed by atoms with Gasteiger partial charge in [-0.2, -0.15) is 5.26 Å². The number of aryl methyl sites for hydroxylation is 1. The van der Waals surface area contributed by atoms with Gasteiger partial charge in [-0.25, -0.2) is 4.99 Å². The van der Waals surface area contributed by atoms with Crippen LogP contribution in [0.1, 0.15) is 34.4 Å². The van der Waals surface area contributed by atoms with E-state index in [9.17, 15) is 5.26 Å². The lowest BCUT2D eigenvalue weighted by atomic mass is 9.96. The predicted molar refractivity (Wildman–Crippen MR) is 71.6 cm³/mol. The van der Waals surface area contributed by atoms with Gasteiger partial charge in [0.05, 0.1) is 18.1 Å². The van der Waals surface area contributed by atoms with E-state index in [1.54, 1.807) is 30.1 Å². The molecule has 3 nitrogen and oxygen atoms in total. The molecule has 0 unspecified atom stereocenters. The second-order valence-corrected chi connectivity index (χ2v) is 5.40. The predicted octanol–water partition coefficient (Wildman–Crippen LogP) is 3.84. The first-order valence-electron chi connectivity index (χ1n) is 5.99. The molecule has 2 aromatic heterocycles. The highest BCUT2D eigenvalue weighted by Crippen LogP contribution is 2.39. The summed E-state index contributed by atoms with van der Waals surface area (Å²) in [6.45, 7) is 0. The molecule has 0 saturated carbocycles. The fraction of sp³-hybridized carbons (Fsp3) is 0.286. The van der Waals surface area contributed by atoms with Crippen molar-refractivity contribution in [2.24, 2.45) is 4.99 Å². The van der Waals surface area contributed by atoms with Crippen LogP contribution < -0.4 is 0 Å². The largest absolute Gasteiger partial charge is 0.472 e. The maximum absolute atomic E-state index is 9.28. The summed E-state index contributed by atoms with van der Waals surface area (Å²) >= 11 is 1.66. The molecule has 1 aliphatic carbocycles. The highest BCUT2D eigenvalue weighted by atomic mass is 32.1. The maximum atomic E-state index is 9.28. The van der Waals surface area contributed by atoms with Gasteiger partial charge in [0.2, 0.25) is 0 Å². The zero-order valence-electron chi connectivity index (χ0n) is 9.85. The van der Waals surface area contributed by atoms with E-state index < -0.39 is 0 Å². The lowest BCUT2D eigenvalue weighted by Crippen LogP contribution is -1.99. The first-order valence-corrected chi connectivity index (χ1v) is 6.81. The summed E-state index contributed by atoms with van der Waals surface area (Å²) in [6, 6.07) is 4.16. The number of thiophene rings is 1. The molecule has 4 heteroatoms. The molecule has 2 aromatic rings. The number of furan rings is 1. The summed E-state index contributed by atoms with van der Waals surface area (Å²) in [5.41, 5.74) is 2.92. The summed E-state index contributed by atoms with van der Waals surface area (Å²) < 4.78 is 4.99. The first kappa shape index (κ1) is 11.2. The monoisotopic (exact) mass is 256 g/mol. The van der Waals surface area contributed by atoms with Crippen LogP contribution in [-0.4, -0.2) is 6.21 Å². The van der Waals surface area contributed by atoms with Crippen molar-refractivity contribution in [1.82, 2.24) is 0 Å². The molecule has 0 bridgehead atoms. The standard InChI is InChI=1S/C14H12N2OS/c15-7-12-11-3-1-2-4-13(11)18-14(12)16-8-10-5-6-17-9-10/h5-6,8-9H,1-4H2. The zero-order valence-corrected chi connectivity index (χ0v) is 10.7. The summed E-state index contributed by atoms with van der Waals surface area (Å²) in [6.07, 6.45) is 9.54. The number of hydrogen-bond donors (Lipinski definition) is 0. The molecular weight excluding hydrogens is 244 g/mol. The minimum Gasteiger partial charge on any atom is -0.472 e. The molecule has 0 atom stereocenters. The summed E-state index contributed by atoms with van der Waals surface area (Å²) in [5.74, 6) is 0. The highest BCUT2D eigenvalue weighted by molar-refractivity contribution is 7.16. The van der Waals surface area contributed by atoms with Gasteiger partial charge in [0, 0.05) is 16.7 Å². The summed E-state index contributed by atoms with van der Waals surface area (Å²) in [7, 11) is 0. The van der Waals surface area contributed by atoms with E-state index in [0.29, 0.717) is 0 Å². The Balaban J connectivity index is 1.97. The van der Waals surface area contributed by atoms with Gasteiger partial charge in [-0.15, -0.1) is 11.3 Å². The Morgan fingerprint density at radius 1 is 1.39 bits per heavy atom. The second kappa shape index (κ2) is 4.79. The van der Waals surface area contributed by atoms with Gasteiger partial charge in [0.25, 0.3) is 0 Å². The van der Waals surface area contributed by atoms with Gasteiger partial charge < -0.3 is 4.42 Å². The average Bonchev–Trinajstić information content (AvgIpc) is 3.03. The normalized spacial score (nSPS) is 14.6. The lowest BCUT2D eigenvalue weighted by molar-refractivity contribution is 0.567. The topological polar surface area (TPSA) is 49.3 Å². The third-order valence-electron chi connectivity index (χ3n) is 3.14. The van der Waals surface area contributed by atoms with Crippen molar-refractivity contribution in [3.8, 4) is 6.07 Å². The Morgan fingerprint density at radius 2 is 2.28 bits per heavy atom. The van der Waals surface area contributed by atoms with Crippen molar-refractivity contribution in [3.63, 3.8) is 0 Å². The van der Waals surface area contributed by atoms with Crippen molar-refractivity contribution >= 4 is 22.6 Å². The SMILES string of the molecule is N#Cc1c(N=Cc2ccoc2)sc2c1CCCC2. The van der Waals surface area contributed by atoms with E-state index in [1.165, 1.54) is 23.3 Å². The zero-order chi connectivity index (χ0) is 12.4. The van der Waals surface area contributed by atoms with Crippen LogP contribution in [0.15, 0.2) is 28.0 Å². The van der Waals surface area contributed by atoms with E-state index in [4.69, 9.17) is 4.42 Å². The van der Waals surface area contributed by atoms with E-state index in [0.717, 1.165) is 29.0 Å². The minimum absolute atomic E-state index is 0.773. The molecule has 0 fully saturated rings. The van der Waals surface area contributed by atoms with Crippen molar-refractivity contribution in [2.45, 2.75) is 25.7 Å². The number of hydrogen-bond acceptors (Lipinski definition) is 4. The van der Waals surface area contributed by atoms with E-state index in [2.05, 4.69) is 11.1 Å². The maximum Gasteiger partial charge on any atom is 0.134 e. The number of fused-ring (bicyclic) bond motifs is 1. The van der Waals surface area contributed by atoms with E-state index in [-0.39, 0.29) is 0 Å². The Bertz CT molecular complexity index is 617. The summed E-state index contributed by atoms with van der Waals surface area (Å²) in [4.78, 5) is 5.78. The van der Waals surface area contributed by atoms with Gasteiger partial charge in [0.15, 0.2) is 0 Å². The highest BCUT2D eigenvalue weighted by Gasteiger charge is 2.19. The van der Waals surface area contributed by atoms with Crippen LogP contribution in [0.2, 0.25) is 0 Å². The molecule has 0 aromatic carbocycles. The Hall–Kier alpha value is -1.86. The van der Waals surface area contributed by atoms with Crippen LogP contribution in [0, 0.1) is 11.3 Å².